The van der Waals surface area contributed by atoms with Gasteiger partial charge < -0.3 is 20.7 Å². The minimum Gasteiger partial charge on any atom is -0.496 e. The molecular formula is C22H24ClN3O4. The Morgan fingerprint density at radius 1 is 1.17 bits per heavy atom. The van der Waals surface area contributed by atoms with Gasteiger partial charge in [-0.05, 0) is 48.7 Å². The molecule has 7 nitrogen and oxygen atoms in total. The van der Waals surface area contributed by atoms with Crippen LogP contribution in [0.15, 0.2) is 42.5 Å². The minimum atomic E-state index is -0.503. The normalized spacial score (nSPS) is 14.3. The van der Waals surface area contributed by atoms with Gasteiger partial charge in [0.05, 0.1) is 12.7 Å². The summed E-state index contributed by atoms with van der Waals surface area (Å²) in [6.45, 7) is 1.27. The first-order chi connectivity index (χ1) is 14.4. The summed E-state index contributed by atoms with van der Waals surface area (Å²) in [4.78, 5) is 38.4. The van der Waals surface area contributed by atoms with Gasteiger partial charge in [-0.15, -0.1) is 0 Å². The van der Waals surface area contributed by atoms with Crippen molar-refractivity contribution in [3.63, 3.8) is 0 Å². The Balaban J connectivity index is 1.54. The summed E-state index contributed by atoms with van der Waals surface area (Å²) in [5, 5.41) is 3.37. The van der Waals surface area contributed by atoms with E-state index in [0.717, 1.165) is 5.56 Å². The van der Waals surface area contributed by atoms with Crippen LogP contribution in [0, 0.1) is 5.92 Å². The number of benzene rings is 2. The number of halogens is 1. The van der Waals surface area contributed by atoms with E-state index in [9.17, 15) is 14.4 Å². The molecule has 1 aliphatic heterocycles. The molecule has 2 aromatic carbocycles. The van der Waals surface area contributed by atoms with Crippen LogP contribution in [0.1, 0.15) is 39.1 Å². The molecular weight excluding hydrogens is 406 g/mol. The molecule has 0 unspecified atom stereocenters. The van der Waals surface area contributed by atoms with Crippen LogP contribution in [0.2, 0.25) is 5.02 Å². The Bertz CT molecular complexity index is 955. The van der Waals surface area contributed by atoms with Crippen LogP contribution in [-0.2, 0) is 11.3 Å². The lowest BCUT2D eigenvalue weighted by Gasteiger charge is -2.31. The number of nitrogens with zero attached hydrogens (tertiary/aromatic N) is 1. The summed E-state index contributed by atoms with van der Waals surface area (Å²) in [6, 6.07) is 11.8. The third-order valence-corrected chi connectivity index (χ3v) is 5.46. The van der Waals surface area contributed by atoms with Crippen LogP contribution >= 0.6 is 11.6 Å². The Kier molecular flexibility index (Phi) is 6.95. The van der Waals surface area contributed by atoms with Gasteiger partial charge in [0.1, 0.15) is 5.75 Å². The second kappa shape index (κ2) is 9.63. The average Bonchev–Trinajstić information content (AvgIpc) is 2.77. The molecule has 0 radical (unpaired) electrons. The number of hydrogen-bond acceptors (Lipinski definition) is 4. The van der Waals surface area contributed by atoms with Crippen LogP contribution in [0.3, 0.4) is 0 Å². The molecule has 0 atom stereocenters. The Hall–Kier alpha value is -3.06. The molecule has 3 rings (SSSR count). The maximum absolute atomic E-state index is 12.9. The maximum Gasteiger partial charge on any atom is 0.257 e. The van der Waals surface area contributed by atoms with E-state index >= 15 is 0 Å². The molecule has 0 bridgehead atoms. The van der Waals surface area contributed by atoms with E-state index in [0.29, 0.717) is 54.4 Å². The molecule has 2 aromatic rings. The maximum atomic E-state index is 12.9. The van der Waals surface area contributed by atoms with Gasteiger partial charge in [0.15, 0.2) is 0 Å². The average molecular weight is 430 g/mol. The van der Waals surface area contributed by atoms with E-state index < -0.39 is 5.91 Å². The largest absolute Gasteiger partial charge is 0.496 e. The number of carbonyl (C=O) groups is 3. The molecule has 1 fully saturated rings. The number of amides is 3. The van der Waals surface area contributed by atoms with Crippen LogP contribution in [-0.4, -0.2) is 42.8 Å². The van der Waals surface area contributed by atoms with Crippen molar-refractivity contribution in [3.8, 4) is 5.75 Å². The number of nitrogens with one attached hydrogen (secondary N) is 1. The van der Waals surface area contributed by atoms with Gasteiger partial charge in [-0.25, -0.2) is 0 Å². The molecule has 1 aliphatic rings. The minimum absolute atomic E-state index is 0.0630. The summed E-state index contributed by atoms with van der Waals surface area (Å²) in [7, 11) is 1.51. The molecule has 3 amide bonds. The van der Waals surface area contributed by atoms with Crippen LogP contribution < -0.4 is 15.8 Å². The highest BCUT2D eigenvalue weighted by atomic mass is 35.5. The Morgan fingerprint density at radius 2 is 1.90 bits per heavy atom. The van der Waals surface area contributed by atoms with E-state index in [1.54, 1.807) is 41.3 Å². The third kappa shape index (κ3) is 5.10. The van der Waals surface area contributed by atoms with Crippen molar-refractivity contribution in [2.24, 2.45) is 11.7 Å². The van der Waals surface area contributed by atoms with Gasteiger partial charge in [-0.3, -0.25) is 14.4 Å². The molecule has 0 aliphatic carbocycles. The molecule has 30 heavy (non-hydrogen) atoms. The SMILES string of the molecule is COc1ccc(Cl)cc1C(=O)N1CCC(C(=O)NCc2cccc(C(N)=O)c2)CC1. The molecule has 8 heteroatoms. The number of ether oxygens (including phenoxy) is 1. The van der Waals surface area contributed by atoms with Crippen molar-refractivity contribution in [2.75, 3.05) is 20.2 Å². The van der Waals surface area contributed by atoms with E-state index in [1.807, 2.05) is 6.07 Å². The highest BCUT2D eigenvalue weighted by Crippen LogP contribution is 2.26. The zero-order valence-corrected chi connectivity index (χ0v) is 17.4. The molecule has 1 heterocycles. The van der Waals surface area contributed by atoms with Crippen LogP contribution in [0.25, 0.3) is 0 Å². The molecule has 3 N–H and O–H groups in total. The first-order valence-corrected chi connectivity index (χ1v) is 10.1. The lowest BCUT2D eigenvalue weighted by Crippen LogP contribution is -2.43. The van der Waals surface area contributed by atoms with Crippen molar-refractivity contribution in [3.05, 3.63) is 64.2 Å². The van der Waals surface area contributed by atoms with Gasteiger partial charge >= 0.3 is 0 Å². The van der Waals surface area contributed by atoms with Gasteiger partial charge in [0, 0.05) is 36.1 Å². The van der Waals surface area contributed by atoms with E-state index in [1.165, 1.54) is 7.11 Å². The quantitative estimate of drug-likeness (QED) is 0.736. The fourth-order valence-electron chi connectivity index (χ4n) is 3.53. The summed E-state index contributed by atoms with van der Waals surface area (Å²) in [5.41, 5.74) is 6.92. The predicted molar refractivity (Wildman–Crippen MR) is 113 cm³/mol. The predicted octanol–water partition coefficient (Wildman–Crippen LogP) is 2.62. The highest BCUT2D eigenvalue weighted by Gasteiger charge is 2.29. The summed E-state index contributed by atoms with van der Waals surface area (Å²) < 4.78 is 5.27. The molecule has 0 aromatic heterocycles. The molecule has 1 saturated heterocycles. The zero-order valence-electron chi connectivity index (χ0n) is 16.7. The highest BCUT2D eigenvalue weighted by molar-refractivity contribution is 6.31. The Morgan fingerprint density at radius 3 is 2.57 bits per heavy atom. The van der Waals surface area contributed by atoms with Crippen molar-refractivity contribution in [1.82, 2.24) is 10.2 Å². The Labute approximate surface area is 180 Å². The lowest BCUT2D eigenvalue weighted by molar-refractivity contribution is -0.126. The number of carbonyl (C=O) groups excluding carboxylic acids is 3. The second-order valence-corrected chi connectivity index (χ2v) is 7.63. The number of piperidine rings is 1. The first kappa shape index (κ1) is 21.6. The van der Waals surface area contributed by atoms with Crippen molar-refractivity contribution < 1.29 is 19.1 Å². The third-order valence-electron chi connectivity index (χ3n) is 5.22. The second-order valence-electron chi connectivity index (χ2n) is 7.19. The van der Waals surface area contributed by atoms with Gasteiger partial charge in [0.25, 0.3) is 5.91 Å². The monoisotopic (exact) mass is 429 g/mol. The summed E-state index contributed by atoms with van der Waals surface area (Å²) in [6.07, 6.45) is 1.14. The fraction of sp³-hybridized carbons (Fsp3) is 0.318. The van der Waals surface area contributed by atoms with E-state index in [-0.39, 0.29) is 17.7 Å². The molecule has 0 saturated carbocycles. The number of likely N-dealkylation sites (tertiary alicyclic amines) is 1. The zero-order chi connectivity index (χ0) is 21.7. The van der Waals surface area contributed by atoms with Crippen LogP contribution in [0.5, 0.6) is 5.75 Å². The standard InChI is InChI=1S/C22H24ClN3O4/c1-30-19-6-5-17(23)12-18(19)22(29)26-9-7-15(8-10-26)21(28)25-13-14-3-2-4-16(11-14)20(24)27/h2-6,11-12,15H,7-10,13H2,1H3,(H2,24,27)(H,25,28). The van der Waals surface area contributed by atoms with Gasteiger partial charge in [-0.1, -0.05) is 23.7 Å². The number of primary amides is 1. The summed E-state index contributed by atoms with van der Waals surface area (Å²) >= 11 is 6.03. The number of nitrogens with two attached hydrogens (primary N) is 1. The van der Waals surface area contributed by atoms with Gasteiger partial charge in [-0.2, -0.15) is 0 Å². The van der Waals surface area contributed by atoms with Crippen molar-refractivity contribution >= 4 is 29.3 Å². The van der Waals surface area contributed by atoms with E-state index in [4.69, 9.17) is 22.1 Å². The summed E-state index contributed by atoms with van der Waals surface area (Å²) in [5.74, 6) is -0.419. The number of rotatable bonds is 6. The molecule has 0 spiro atoms. The lowest BCUT2D eigenvalue weighted by atomic mass is 9.95. The van der Waals surface area contributed by atoms with E-state index in [2.05, 4.69) is 5.32 Å². The smallest absolute Gasteiger partial charge is 0.257 e. The van der Waals surface area contributed by atoms with Crippen molar-refractivity contribution in [2.45, 2.75) is 19.4 Å². The molecule has 158 valence electrons. The fourth-order valence-corrected chi connectivity index (χ4v) is 3.70. The van der Waals surface area contributed by atoms with Gasteiger partial charge in [0.2, 0.25) is 11.8 Å². The van der Waals surface area contributed by atoms with Crippen LogP contribution in [0.4, 0.5) is 0 Å². The topological polar surface area (TPSA) is 102 Å². The number of hydrogen-bond donors (Lipinski definition) is 2. The van der Waals surface area contributed by atoms with Crippen molar-refractivity contribution in [1.29, 1.82) is 0 Å². The first-order valence-electron chi connectivity index (χ1n) is 9.68. The number of methoxy groups -OCH3 is 1.